The summed E-state index contributed by atoms with van der Waals surface area (Å²) in [6, 6.07) is 56.4. The molecular weight excluding hydrogens is 757 g/mol. The van der Waals surface area contributed by atoms with Crippen molar-refractivity contribution in [2.24, 2.45) is 5.92 Å². The second kappa shape index (κ2) is 14.4. The number of anilines is 1. The van der Waals surface area contributed by atoms with Gasteiger partial charge in [-0.3, -0.25) is 0 Å². The first-order valence-corrected chi connectivity index (χ1v) is 21.9. The standard InChI is InChI=1S/C56H42N6/c57-34-44-53(59-46-27-11-4-20-37(46)36-18-2-1-3-19-36)56(62-51-32-16-9-25-42(51)43-26-10-17-33-52(43)62)55(61-49-30-14-7-23-40(49)41-24-8-15-31-50(41)61)45(35-58)54(44)60-47-28-12-5-21-38(47)39-22-6-13-29-48(39)60/h2,5-10,12-18,21-26,28-33,36,59H,1,3-4,11,19-20,27H2. The second-order valence-corrected chi connectivity index (χ2v) is 16.8. The predicted molar refractivity (Wildman–Crippen MR) is 254 cm³/mol. The number of hydrogen-bond acceptors (Lipinski definition) is 3. The number of aromatic nitrogens is 3. The van der Waals surface area contributed by atoms with Crippen LogP contribution in [0.5, 0.6) is 0 Å². The van der Waals surface area contributed by atoms with Crippen molar-refractivity contribution in [2.45, 2.75) is 44.9 Å². The quantitative estimate of drug-likeness (QED) is 0.170. The Morgan fingerprint density at radius 3 is 1.27 bits per heavy atom. The van der Waals surface area contributed by atoms with Gasteiger partial charge < -0.3 is 19.0 Å². The molecule has 2 aliphatic rings. The van der Waals surface area contributed by atoms with E-state index < -0.39 is 0 Å². The fraction of sp³-hybridized carbons (Fsp3) is 0.143. The number of fused-ring (bicyclic) bond motifs is 9. The molecule has 296 valence electrons. The van der Waals surface area contributed by atoms with Crippen molar-refractivity contribution in [3.05, 3.63) is 180 Å². The van der Waals surface area contributed by atoms with E-state index in [-0.39, 0.29) is 0 Å². The van der Waals surface area contributed by atoms with Gasteiger partial charge in [0.2, 0.25) is 0 Å². The highest BCUT2D eigenvalue weighted by atomic mass is 15.1. The molecule has 6 nitrogen and oxygen atoms in total. The summed E-state index contributed by atoms with van der Waals surface area (Å²) in [4.78, 5) is 0. The average molecular weight is 799 g/mol. The van der Waals surface area contributed by atoms with Gasteiger partial charge in [0, 0.05) is 38.0 Å². The number of nitrogens with zero attached hydrogens (tertiary/aromatic N) is 5. The predicted octanol–water partition coefficient (Wildman–Crippen LogP) is 14.3. The summed E-state index contributed by atoms with van der Waals surface area (Å²) in [5.41, 5.74) is 12.1. The van der Waals surface area contributed by atoms with Crippen LogP contribution in [0.2, 0.25) is 0 Å². The molecule has 6 heteroatoms. The van der Waals surface area contributed by atoms with Gasteiger partial charge in [-0.15, -0.1) is 0 Å². The van der Waals surface area contributed by atoms with Crippen molar-refractivity contribution in [2.75, 3.05) is 5.32 Å². The molecule has 3 heterocycles. The van der Waals surface area contributed by atoms with Gasteiger partial charge >= 0.3 is 0 Å². The number of para-hydroxylation sites is 6. The number of hydrogen-bond donors (Lipinski definition) is 1. The van der Waals surface area contributed by atoms with Gasteiger partial charge in [0.15, 0.2) is 0 Å². The van der Waals surface area contributed by atoms with Crippen molar-refractivity contribution in [1.29, 1.82) is 10.5 Å². The van der Waals surface area contributed by atoms with Gasteiger partial charge in [-0.05, 0) is 92.8 Å². The molecule has 2 aliphatic carbocycles. The molecule has 0 saturated carbocycles. The average Bonchev–Trinajstić information content (AvgIpc) is 3.97. The monoisotopic (exact) mass is 798 g/mol. The smallest absolute Gasteiger partial charge is 0.104 e. The van der Waals surface area contributed by atoms with Crippen LogP contribution in [0, 0.1) is 28.6 Å². The van der Waals surface area contributed by atoms with Crippen LogP contribution in [0.25, 0.3) is 82.5 Å². The number of nitrogens with one attached hydrogen (secondary N) is 1. The van der Waals surface area contributed by atoms with Crippen LogP contribution in [-0.2, 0) is 0 Å². The van der Waals surface area contributed by atoms with Crippen molar-refractivity contribution < 1.29 is 0 Å². The van der Waals surface area contributed by atoms with Gasteiger partial charge in [-0.25, -0.2) is 0 Å². The first kappa shape index (κ1) is 36.1. The second-order valence-electron chi connectivity index (χ2n) is 16.8. The first-order valence-electron chi connectivity index (χ1n) is 21.9. The number of benzene rings is 7. The molecule has 3 aromatic heterocycles. The van der Waals surface area contributed by atoms with Crippen LogP contribution in [-0.4, -0.2) is 13.7 Å². The summed E-state index contributed by atoms with van der Waals surface area (Å²) in [6.07, 6.45) is 12.3. The van der Waals surface area contributed by atoms with Gasteiger partial charge in [-0.1, -0.05) is 121 Å². The lowest BCUT2D eigenvalue weighted by atomic mass is 9.81. The van der Waals surface area contributed by atoms with E-state index in [9.17, 15) is 10.5 Å². The van der Waals surface area contributed by atoms with E-state index in [1.54, 1.807) is 0 Å². The molecule has 12 rings (SSSR count). The van der Waals surface area contributed by atoms with Crippen molar-refractivity contribution in [3.63, 3.8) is 0 Å². The molecule has 7 aromatic carbocycles. The summed E-state index contributed by atoms with van der Waals surface area (Å²) < 4.78 is 6.80. The molecule has 10 aromatic rings. The van der Waals surface area contributed by atoms with Crippen molar-refractivity contribution >= 4 is 71.1 Å². The minimum Gasteiger partial charge on any atom is -0.356 e. The summed E-state index contributed by atoms with van der Waals surface area (Å²) in [5, 5.41) is 34.7. The third-order valence-electron chi connectivity index (χ3n) is 13.5. The van der Waals surface area contributed by atoms with Crippen LogP contribution in [0.15, 0.2) is 169 Å². The summed E-state index contributed by atoms with van der Waals surface area (Å²) >= 11 is 0. The Morgan fingerprint density at radius 2 is 0.855 bits per heavy atom. The lowest BCUT2D eigenvalue weighted by Gasteiger charge is -2.31. The van der Waals surface area contributed by atoms with Crippen LogP contribution in [0.3, 0.4) is 0 Å². The van der Waals surface area contributed by atoms with Crippen LogP contribution < -0.4 is 5.32 Å². The third kappa shape index (κ3) is 5.27. The van der Waals surface area contributed by atoms with E-state index in [2.05, 4.69) is 177 Å². The molecule has 0 bridgehead atoms. The molecule has 0 spiro atoms. The minimum atomic E-state index is 0.348. The Bertz CT molecular complexity index is 3470. The summed E-state index contributed by atoms with van der Waals surface area (Å²) in [5.74, 6) is 0.348. The largest absolute Gasteiger partial charge is 0.356 e. The Morgan fingerprint density at radius 1 is 0.452 bits per heavy atom. The maximum absolute atomic E-state index is 12.0. The maximum atomic E-state index is 12.0. The molecule has 0 fully saturated rings. The van der Waals surface area contributed by atoms with Crippen LogP contribution >= 0.6 is 0 Å². The van der Waals surface area contributed by atoms with E-state index in [1.807, 2.05) is 12.1 Å². The lowest BCUT2D eigenvalue weighted by molar-refractivity contribution is 0.544. The highest BCUT2D eigenvalue weighted by Crippen LogP contribution is 2.49. The van der Waals surface area contributed by atoms with E-state index in [1.165, 1.54) is 17.7 Å². The fourth-order valence-electron chi connectivity index (χ4n) is 10.9. The normalized spacial score (nSPS) is 15.6. The molecule has 62 heavy (non-hydrogen) atoms. The maximum Gasteiger partial charge on any atom is 0.104 e. The molecule has 0 radical (unpaired) electrons. The molecular formula is C56H42N6. The molecule has 1 atom stereocenters. The van der Waals surface area contributed by atoms with Gasteiger partial charge in [0.1, 0.15) is 23.3 Å². The SMILES string of the molecule is N#Cc1c(NC2=C(C3C=CCCC3)CCCC2)c(-n2c3ccccc3c3ccccc32)c(-n2c3ccccc3c3ccccc32)c(C#N)c1-n1c2ccccc2c2ccccc21. The van der Waals surface area contributed by atoms with E-state index in [0.717, 1.165) is 115 Å². The van der Waals surface area contributed by atoms with Gasteiger partial charge in [0.25, 0.3) is 0 Å². The van der Waals surface area contributed by atoms with Gasteiger partial charge in [0.05, 0.1) is 55.8 Å². The van der Waals surface area contributed by atoms with Crippen LogP contribution in [0.1, 0.15) is 56.1 Å². The summed E-state index contributed by atoms with van der Waals surface area (Å²) in [7, 11) is 0. The molecule has 1 unspecified atom stereocenters. The summed E-state index contributed by atoms with van der Waals surface area (Å²) in [6.45, 7) is 0. The highest BCUT2D eigenvalue weighted by Gasteiger charge is 2.33. The zero-order chi connectivity index (χ0) is 41.3. The Balaban J connectivity index is 1.35. The Kier molecular flexibility index (Phi) is 8.40. The van der Waals surface area contributed by atoms with E-state index >= 15 is 0 Å². The fourth-order valence-corrected chi connectivity index (χ4v) is 10.9. The number of nitriles is 2. The highest BCUT2D eigenvalue weighted by molar-refractivity contribution is 6.14. The van der Waals surface area contributed by atoms with Gasteiger partial charge in [-0.2, -0.15) is 10.5 Å². The van der Waals surface area contributed by atoms with Crippen LogP contribution in [0.4, 0.5) is 5.69 Å². The molecule has 0 saturated heterocycles. The van der Waals surface area contributed by atoms with Crippen molar-refractivity contribution in [3.8, 4) is 29.2 Å². The zero-order valence-corrected chi connectivity index (χ0v) is 34.3. The number of allylic oxidation sites excluding steroid dienone is 4. The van der Waals surface area contributed by atoms with E-state index in [0.29, 0.717) is 28.4 Å². The molecule has 0 aliphatic heterocycles. The Hall–Kier alpha value is -7.80. The third-order valence-corrected chi connectivity index (χ3v) is 13.5. The minimum absolute atomic E-state index is 0.348. The topological polar surface area (TPSA) is 74.4 Å². The molecule has 0 amide bonds. The zero-order valence-electron chi connectivity index (χ0n) is 34.3. The first-order chi connectivity index (χ1) is 30.7. The lowest BCUT2D eigenvalue weighted by Crippen LogP contribution is -2.19. The Labute approximate surface area is 359 Å². The molecule has 1 N–H and O–H groups in total. The van der Waals surface area contributed by atoms with Crippen molar-refractivity contribution in [1.82, 2.24) is 13.7 Å². The van der Waals surface area contributed by atoms with E-state index in [4.69, 9.17) is 0 Å². The number of rotatable bonds is 6.